The number of nitrogens with two attached hydrogens (primary N) is 1. The van der Waals surface area contributed by atoms with Crippen LogP contribution in [0.15, 0.2) is 41.3 Å². The number of halogens is 2. The lowest BCUT2D eigenvalue weighted by atomic mass is 9.84. The van der Waals surface area contributed by atoms with Crippen molar-refractivity contribution in [3.8, 4) is 0 Å². The van der Waals surface area contributed by atoms with Crippen LogP contribution < -0.4 is 10.5 Å². The Hall–Kier alpha value is -2.23. The second-order valence-corrected chi connectivity index (χ2v) is 8.29. The molecule has 26 heavy (non-hydrogen) atoms. The summed E-state index contributed by atoms with van der Waals surface area (Å²) < 4.78 is 37.0. The van der Waals surface area contributed by atoms with Crippen molar-refractivity contribution < 1.29 is 17.7 Å². The van der Waals surface area contributed by atoms with Gasteiger partial charge in [0.1, 0.15) is 11.5 Å². The lowest BCUT2D eigenvalue weighted by Gasteiger charge is -2.27. The van der Waals surface area contributed by atoms with Crippen LogP contribution in [0.5, 0.6) is 0 Å². The summed E-state index contributed by atoms with van der Waals surface area (Å²) in [6.45, 7) is 3.64. The third-order valence-corrected chi connectivity index (χ3v) is 5.10. The van der Waals surface area contributed by atoms with Crippen molar-refractivity contribution in [3.05, 3.63) is 62.9 Å². The molecule has 0 radical (unpaired) electrons. The summed E-state index contributed by atoms with van der Waals surface area (Å²) >= 11 is 5.81. The van der Waals surface area contributed by atoms with Gasteiger partial charge in [0, 0.05) is 18.0 Å². The van der Waals surface area contributed by atoms with Crippen molar-refractivity contribution in [2.75, 3.05) is 11.9 Å². The maximum atomic E-state index is 14.3. The Kier molecular flexibility index (Phi) is 5.55. The Morgan fingerprint density at radius 3 is 2.54 bits per heavy atom. The maximum absolute atomic E-state index is 14.3. The fourth-order valence-electron chi connectivity index (χ4n) is 2.43. The minimum atomic E-state index is -4.07. The van der Waals surface area contributed by atoms with E-state index in [1.165, 1.54) is 12.1 Å². The van der Waals surface area contributed by atoms with Crippen LogP contribution in [0.25, 0.3) is 0 Å². The van der Waals surface area contributed by atoms with E-state index in [0.29, 0.717) is 5.56 Å². The average Bonchev–Trinajstić information content (AvgIpc) is 2.54. The first kappa shape index (κ1) is 20.1. The van der Waals surface area contributed by atoms with E-state index in [2.05, 4.69) is 5.32 Å². The molecule has 3 N–H and O–H groups in total. The van der Waals surface area contributed by atoms with Crippen LogP contribution >= 0.6 is 11.6 Å². The van der Waals surface area contributed by atoms with Crippen molar-refractivity contribution >= 4 is 33.0 Å². The summed E-state index contributed by atoms with van der Waals surface area (Å²) in [5.41, 5.74) is -0.750. The van der Waals surface area contributed by atoms with Gasteiger partial charge in [-0.15, -0.1) is 0 Å². The Morgan fingerprint density at radius 1 is 1.31 bits per heavy atom. The molecule has 0 amide bonds. The van der Waals surface area contributed by atoms with Crippen LogP contribution in [0.3, 0.4) is 0 Å². The zero-order chi connectivity index (χ0) is 19.7. The number of primary sulfonamides is 1. The summed E-state index contributed by atoms with van der Waals surface area (Å²) in [7, 11) is -4.07. The molecule has 2 aromatic rings. The molecule has 0 atom stereocenters. The summed E-state index contributed by atoms with van der Waals surface area (Å²) in [4.78, 5) is 10.2. The summed E-state index contributed by atoms with van der Waals surface area (Å²) in [6, 6.07) is 7.93. The predicted octanol–water partition coefficient (Wildman–Crippen LogP) is 3.42. The molecule has 10 heteroatoms. The number of sulfonamides is 1. The number of nitro benzene ring substituents is 1. The quantitative estimate of drug-likeness (QED) is 0.568. The van der Waals surface area contributed by atoms with Gasteiger partial charge in [-0.05, 0) is 23.8 Å². The van der Waals surface area contributed by atoms with E-state index in [9.17, 15) is 22.9 Å². The third-order valence-electron chi connectivity index (χ3n) is 3.90. The summed E-state index contributed by atoms with van der Waals surface area (Å²) in [5.74, 6) is -0.556. The molecule has 0 saturated carbocycles. The fourth-order valence-corrected chi connectivity index (χ4v) is 3.14. The molecule has 2 rings (SSSR count). The predicted molar refractivity (Wildman–Crippen MR) is 97.4 cm³/mol. The first-order valence-electron chi connectivity index (χ1n) is 7.43. The van der Waals surface area contributed by atoms with Gasteiger partial charge in [-0.3, -0.25) is 10.1 Å². The topological polar surface area (TPSA) is 115 Å². The molecule has 0 fully saturated rings. The molecule has 0 bridgehead atoms. The number of nitro groups is 1. The van der Waals surface area contributed by atoms with Gasteiger partial charge in [0.2, 0.25) is 10.0 Å². The maximum Gasteiger partial charge on any atom is 0.293 e. The highest BCUT2D eigenvalue weighted by molar-refractivity contribution is 7.89. The van der Waals surface area contributed by atoms with Crippen LogP contribution in [0, 0.1) is 15.9 Å². The zero-order valence-corrected chi connectivity index (χ0v) is 15.6. The minimum absolute atomic E-state index is 0.0148. The molecular weight excluding hydrogens is 385 g/mol. The van der Waals surface area contributed by atoms with E-state index < -0.39 is 31.9 Å². The van der Waals surface area contributed by atoms with Gasteiger partial charge in [-0.2, -0.15) is 0 Å². The van der Waals surface area contributed by atoms with Crippen LogP contribution in [0.4, 0.5) is 15.8 Å². The van der Waals surface area contributed by atoms with Gasteiger partial charge >= 0.3 is 0 Å². The molecule has 140 valence electrons. The molecule has 0 spiro atoms. The number of anilines is 1. The number of nitrogens with zero attached hydrogens (tertiary/aromatic N) is 1. The lowest BCUT2D eigenvalue weighted by molar-refractivity contribution is -0.384. The Balaban J connectivity index is 2.34. The summed E-state index contributed by atoms with van der Waals surface area (Å²) in [5, 5.41) is 19.1. The van der Waals surface area contributed by atoms with Crippen LogP contribution in [-0.4, -0.2) is 19.9 Å². The molecule has 0 aliphatic heterocycles. The van der Waals surface area contributed by atoms with E-state index in [1.54, 1.807) is 26.0 Å². The summed E-state index contributed by atoms with van der Waals surface area (Å²) in [6.07, 6.45) is 0. The molecule has 0 unspecified atom stereocenters. The van der Waals surface area contributed by atoms with E-state index in [4.69, 9.17) is 16.7 Å². The van der Waals surface area contributed by atoms with Crippen LogP contribution in [0.1, 0.15) is 19.4 Å². The molecule has 2 aromatic carbocycles. The van der Waals surface area contributed by atoms with Gasteiger partial charge in [-0.25, -0.2) is 17.9 Å². The number of rotatable bonds is 6. The Morgan fingerprint density at radius 2 is 1.96 bits per heavy atom. The Labute approximate surface area is 155 Å². The number of hydrogen-bond acceptors (Lipinski definition) is 5. The molecule has 0 aliphatic rings. The van der Waals surface area contributed by atoms with Gasteiger partial charge < -0.3 is 5.32 Å². The zero-order valence-electron chi connectivity index (χ0n) is 14.0. The van der Waals surface area contributed by atoms with Crippen molar-refractivity contribution in [2.24, 2.45) is 5.14 Å². The number of nitrogens with one attached hydrogen (secondary N) is 1. The second kappa shape index (κ2) is 7.18. The Bertz CT molecular complexity index is 964. The molecule has 0 heterocycles. The lowest BCUT2D eigenvalue weighted by Crippen LogP contribution is -2.29. The smallest absolute Gasteiger partial charge is 0.293 e. The van der Waals surface area contributed by atoms with Crippen molar-refractivity contribution in [3.63, 3.8) is 0 Å². The van der Waals surface area contributed by atoms with Crippen LogP contribution in [0.2, 0.25) is 5.02 Å². The highest BCUT2D eigenvalue weighted by Crippen LogP contribution is 2.32. The van der Waals surface area contributed by atoms with E-state index in [-0.39, 0.29) is 22.2 Å². The largest absolute Gasteiger partial charge is 0.379 e. The standard InChI is InChI=1S/C16H17ClFN3O4S/c1-16(2,11-4-3-5-12(17)15(11)18)9-20-13-7-6-10(26(19,24)25)8-14(13)21(22)23/h3-8,20H,9H2,1-2H3,(H2,19,24,25). The highest BCUT2D eigenvalue weighted by atomic mass is 35.5. The van der Waals surface area contributed by atoms with Gasteiger partial charge in [-0.1, -0.05) is 37.6 Å². The normalized spacial score (nSPS) is 12.0. The number of benzene rings is 2. The van der Waals surface area contributed by atoms with Gasteiger partial charge in [0.05, 0.1) is 14.8 Å². The van der Waals surface area contributed by atoms with E-state index >= 15 is 0 Å². The first-order valence-corrected chi connectivity index (χ1v) is 9.35. The van der Waals surface area contributed by atoms with Crippen molar-refractivity contribution in [1.82, 2.24) is 0 Å². The van der Waals surface area contributed by atoms with E-state index in [1.807, 2.05) is 0 Å². The molecule has 0 aliphatic carbocycles. The molecule has 7 nitrogen and oxygen atoms in total. The average molecular weight is 402 g/mol. The van der Waals surface area contributed by atoms with Gasteiger partial charge in [0.15, 0.2) is 0 Å². The van der Waals surface area contributed by atoms with Crippen LogP contribution in [-0.2, 0) is 15.4 Å². The molecular formula is C16H17ClFN3O4S. The van der Waals surface area contributed by atoms with Crippen molar-refractivity contribution in [2.45, 2.75) is 24.2 Å². The molecule has 0 aromatic heterocycles. The third kappa shape index (κ3) is 4.29. The molecule has 0 saturated heterocycles. The number of hydrogen-bond donors (Lipinski definition) is 2. The minimum Gasteiger partial charge on any atom is -0.379 e. The second-order valence-electron chi connectivity index (χ2n) is 6.32. The fraction of sp³-hybridized carbons (Fsp3) is 0.250. The first-order chi connectivity index (χ1) is 11.9. The van der Waals surface area contributed by atoms with Crippen molar-refractivity contribution in [1.29, 1.82) is 0 Å². The highest BCUT2D eigenvalue weighted by Gasteiger charge is 2.27. The monoisotopic (exact) mass is 401 g/mol. The van der Waals surface area contributed by atoms with E-state index in [0.717, 1.165) is 12.1 Å². The van der Waals surface area contributed by atoms with Gasteiger partial charge in [0.25, 0.3) is 5.69 Å². The SMILES string of the molecule is CC(C)(CNc1ccc(S(N)(=O)=O)cc1[N+](=O)[O-])c1cccc(Cl)c1F.